The minimum Gasteiger partial charge on any atom is -0.346 e. The van der Waals surface area contributed by atoms with E-state index in [0.29, 0.717) is 11.1 Å². The number of nitrogens with zero attached hydrogens (tertiary/aromatic N) is 1. The lowest BCUT2D eigenvalue weighted by Crippen LogP contribution is -2.09. The van der Waals surface area contributed by atoms with Gasteiger partial charge in [0.1, 0.15) is 0 Å². The minimum absolute atomic E-state index is 0.190. The van der Waals surface area contributed by atoms with Crippen LogP contribution in [0.4, 0.5) is 13.2 Å². The number of rotatable bonds is 1. The van der Waals surface area contributed by atoms with Crippen molar-refractivity contribution in [2.45, 2.75) is 12.7 Å². The van der Waals surface area contributed by atoms with Gasteiger partial charge in [0, 0.05) is 24.7 Å². The van der Waals surface area contributed by atoms with Crippen molar-refractivity contribution in [3.63, 3.8) is 0 Å². The molecule has 1 aromatic carbocycles. The summed E-state index contributed by atoms with van der Waals surface area (Å²) in [5.41, 5.74) is 5.73. The molecule has 5 heteroatoms. The van der Waals surface area contributed by atoms with Gasteiger partial charge in [0.25, 0.3) is 0 Å². The lowest BCUT2D eigenvalue weighted by molar-refractivity contribution is -0.136. The molecular formula is C11H11F3N2. The van der Waals surface area contributed by atoms with E-state index in [2.05, 4.69) is 0 Å². The second kappa shape index (κ2) is 3.52. The first-order chi connectivity index (χ1) is 7.45. The monoisotopic (exact) mass is 228 g/mol. The highest BCUT2D eigenvalue weighted by Gasteiger charge is 2.33. The van der Waals surface area contributed by atoms with Gasteiger partial charge < -0.3 is 10.3 Å². The van der Waals surface area contributed by atoms with Crippen LogP contribution in [-0.2, 0) is 19.8 Å². The van der Waals surface area contributed by atoms with Gasteiger partial charge in [0.2, 0.25) is 0 Å². The Morgan fingerprint density at radius 3 is 2.56 bits per heavy atom. The Morgan fingerprint density at radius 2 is 2.00 bits per heavy atom. The quantitative estimate of drug-likeness (QED) is 0.799. The third-order valence-corrected chi connectivity index (χ3v) is 2.67. The SMILES string of the molecule is Cn1c(CN)cc2cccc(C(F)(F)F)c21. The van der Waals surface area contributed by atoms with Crippen LogP contribution in [0.1, 0.15) is 11.3 Å². The van der Waals surface area contributed by atoms with Gasteiger partial charge in [-0.05, 0) is 12.1 Å². The van der Waals surface area contributed by atoms with Crippen LogP contribution in [0.5, 0.6) is 0 Å². The molecule has 0 unspecified atom stereocenters. The zero-order valence-electron chi connectivity index (χ0n) is 8.67. The minimum atomic E-state index is -4.34. The van der Waals surface area contributed by atoms with Crippen LogP contribution in [0.15, 0.2) is 24.3 Å². The van der Waals surface area contributed by atoms with Crippen molar-refractivity contribution in [2.24, 2.45) is 12.8 Å². The molecule has 1 aromatic heterocycles. The van der Waals surface area contributed by atoms with Gasteiger partial charge in [-0.3, -0.25) is 0 Å². The summed E-state index contributed by atoms with van der Waals surface area (Å²) >= 11 is 0. The van der Waals surface area contributed by atoms with Crippen LogP contribution in [0, 0.1) is 0 Å². The van der Waals surface area contributed by atoms with Gasteiger partial charge >= 0.3 is 6.18 Å². The fourth-order valence-electron chi connectivity index (χ4n) is 1.90. The van der Waals surface area contributed by atoms with E-state index in [1.807, 2.05) is 0 Å². The van der Waals surface area contributed by atoms with Gasteiger partial charge in [-0.1, -0.05) is 12.1 Å². The maximum Gasteiger partial charge on any atom is 0.418 e. The van der Waals surface area contributed by atoms with Gasteiger partial charge in [-0.2, -0.15) is 13.2 Å². The Balaban J connectivity index is 2.81. The van der Waals surface area contributed by atoms with E-state index in [9.17, 15) is 13.2 Å². The average molecular weight is 228 g/mol. The molecule has 0 saturated heterocycles. The standard InChI is InChI=1S/C11H11F3N2/c1-16-8(6-15)5-7-3-2-4-9(10(7)16)11(12,13)14/h2-5H,6,15H2,1H3. The molecule has 2 N–H and O–H groups in total. The molecule has 0 aliphatic rings. The molecular weight excluding hydrogens is 217 g/mol. The van der Waals surface area contributed by atoms with Crippen molar-refractivity contribution in [2.75, 3.05) is 0 Å². The predicted octanol–water partition coefficient (Wildman–Crippen LogP) is 2.66. The van der Waals surface area contributed by atoms with Gasteiger partial charge in [0.15, 0.2) is 0 Å². The van der Waals surface area contributed by atoms with E-state index in [-0.39, 0.29) is 12.1 Å². The molecule has 0 bridgehead atoms. The number of aryl methyl sites for hydroxylation is 1. The molecule has 0 saturated carbocycles. The fraction of sp³-hybridized carbons (Fsp3) is 0.273. The van der Waals surface area contributed by atoms with E-state index in [1.54, 1.807) is 19.2 Å². The summed E-state index contributed by atoms with van der Waals surface area (Å²) in [7, 11) is 1.60. The van der Waals surface area contributed by atoms with Gasteiger partial charge in [-0.15, -0.1) is 0 Å². The molecule has 0 radical (unpaired) electrons. The van der Waals surface area contributed by atoms with Crippen LogP contribution in [0.25, 0.3) is 10.9 Å². The first-order valence-electron chi connectivity index (χ1n) is 4.79. The first-order valence-corrected chi connectivity index (χ1v) is 4.79. The molecule has 2 rings (SSSR count). The van der Waals surface area contributed by atoms with Gasteiger partial charge in [-0.25, -0.2) is 0 Å². The first kappa shape index (κ1) is 11.0. The third kappa shape index (κ3) is 1.57. The van der Waals surface area contributed by atoms with Crippen LogP contribution >= 0.6 is 0 Å². The van der Waals surface area contributed by atoms with Crippen LogP contribution in [0.3, 0.4) is 0 Å². The van der Waals surface area contributed by atoms with Crippen molar-refractivity contribution in [1.29, 1.82) is 0 Å². The molecule has 2 aromatic rings. The van der Waals surface area contributed by atoms with E-state index in [1.165, 1.54) is 10.6 Å². The zero-order chi connectivity index (χ0) is 11.9. The van der Waals surface area contributed by atoms with E-state index < -0.39 is 11.7 Å². The Hall–Kier alpha value is -1.49. The third-order valence-electron chi connectivity index (χ3n) is 2.67. The molecule has 2 nitrogen and oxygen atoms in total. The van der Waals surface area contributed by atoms with Crippen molar-refractivity contribution < 1.29 is 13.2 Å². The highest BCUT2D eigenvalue weighted by atomic mass is 19.4. The smallest absolute Gasteiger partial charge is 0.346 e. The zero-order valence-corrected chi connectivity index (χ0v) is 8.67. The second-order valence-electron chi connectivity index (χ2n) is 3.64. The maximum absolute atomic E-state index is 12.8. The maximum atomic E-state index is 12.8. The van der Waals surface area contributed by atoms with E-state index in [4.69, 9.17) is 5.73 Å². The van der Waals surface area contributed by atoms with E-state index >= 15 is 0 Å². The topological polar surface area (TPSA) is 30.9 Å². The number of halogens is 3. The molecule has 0 atom stereocenters. The lowest BCUT2D eigenvalue weighted by Gasteiger charge is -2.10. The number of hydrogen-bond donors (Lipinski definition) is 1. The van der Waals surface area contributed by atoms with Crippen molar-refractivity contribution in [3.8, 4) is 0 Å². The summed E-state index contributed by atoms with van der Waals surface area (Å²) in [6, 6.07) is 5.84. The largest absolute Gasteiger partial charge is 0.418 e. The molecule has 16 heavy (non-hydrogen) atoms. The average Bonchev–Trinajstić information content (AvgIpc) is 2.54. The Morgan fingerprint density at radius 1 is 1.31 bits per heavy atom. The Labute approximate surface area is 90.5 Å². The van der Waals surface area contributed by atoms with Crippen molar-refractivity contribution in [3.05, 3.63) is 35.5 Å². The molecule has 0 aliphatic heterocycles. The van der Waals surface area contributed by atoms with Crippen molar-refractivity contribution >= 4 is 10.9 Å². The summed E-state index contributed by atoms with van der Waals surface area (Å²) in [5, 5.41) is 0.567. The van der Waals surface area contributed by atoms with Crippen LogP contribution < -0.4 is 5.73 Å². The number of benzene rings is 1. The summed E-state index contributed by atoms with van der Waals surface area (Å²) < 4.78 is 39.8. The van der Waals surface area contributed by atoms with Gasteiger partial charge in [0.05, 0.1) is 11.1 Å². The van der Waals surface area contributed by atoms with Crippen LogP contribution in [0.2, 0.25) is 0 Å². The molecule has 1 heterocycles. The summed E-state index contributed by atoms with van der Waals surface area (Å²) in [4.78, 5) is 0. The summed E-state index contributed by atoms with van der Waals surface area (Å²) in [6.07, 6.45) is -4.34. The highest BCUT2D eigenvalue weighted by Crippen LogP contribution is 2.35. The summed E-state index contributed by atoms with van der Waals surface area (Å²) in [5.74, 6) is 0. The Bertz CT molecular complexity index is 526. The molecule has 0 spiro atoms. The van der Waals surface area contributed by atoms with Crippen LogP contribution in [-0.4, -0.2) is 4.57 Å². The number of aromatic nitrogens is 1. The molecule has 86 valence electrons. The normalized spacial score (nSPS) is 12.3. The summed E-state index contributed by atoms with van der Waals surface area (Å²) in [6.45, 7) is 0.225. The molecule has 0 fully saturated rings. The molecule has 0 aliphatic carbocycles. The highest BCUT2D eigenvalue weighted by molar-refractivity contribution is 5.85. The lowest BCUT2D eigenvalue weighted by atomic mass is 10.1. The number of hydrogen-bond acceptors (Lipinski definition) is 1. The van der Waals surface area contributed by atoms with Crippen molar-refractivity contribution in [1.82, 2.24) is 4.57 Å². The molecule has 0 amide bonds. The predicted molar refractivity (Wildman–Crippen MR) is 55.8 cm³/mol. The number of para-hydroxylation sites is 1. The second-order valence-corrected chi connectivity index (χ2v) is 3.64. The van der Waals surface area contributed by atoms with E-state index in [0.717, 1.165) is 6.07 Å². The fourth-order valence-corrected chi connectivity index (χ4v) is 1.90. The number of nitrogens with two attached hydrogens (primary N) is 1. The number of alkyl halides is 3. The number of fused-ring (bicyclic) bond motifs is 1. The Kier molecular flexibility index (Phi) is 2.42.